The SMILES string of the molecule is CCCCc1ccc(O[C@@H](C)CC(=O)O)cc1. The van der Waals surface area contributed by atoms with Gasteiger partial charge in [-0.2, -0.15) is 0 Å². The van der Waals surface area contributed by atoms with Crippen LogP contribution in [-0.4, -0.2) is 17.2 Å². The fraction of sp³-hybridized carbons (Fsp3) is 0.500. The van der Waals surface area contributed by atoms with Crippen molar-refractivity contribution in [2.24, 2.45) is 0 Å². The molecule has 0 saturated heterocycles. The summed E-state index contributed by atoms with van der Waals surface area (Å²) in [5.41, 5.74) is 1.30. The van der Waals surface area contributed by atoms with E-state index in [2.05, 4.69) is 6.92 Å². The molecule has 94 valence electrons. The van der Waals surface area contributed by atoms with Gasteiger partial charge in [-0.05, 0) is 37.5 Å². The Balaban J connectivity index is 2.47. The van der Waals surface area contributed by atoms with Crippen LogP contribution >= 0.6 is 0 Å². The second-order valence-electron chi connectivity index (χ2n) is 4.27. The molecule has 0 bridgehead atoms. The van der Waals surface area contributed by atoms with Gasteiger partial charge in [0.05, 0.1) is 6.42 Å². The Morgan fingerprint density at radius 1 is 1.35 bits per heavy atom. The summed E-state index contributed by atoms with van der Waals surface area (Å²) in [4.78, 5) is 10.5. The maximum absolute atomic E-state index is 10.5. The molecule has 1 aromatic carbocycles. The minimum atomic E-state index is -0.836. The van der Waals surface area contributed by atoms with E-state index >= 15 is 0 Å². The van der Waals surface area contributed by atoms with E-state index in [0.717, 1.165) is 12.2 Å². The Morgan fingerprint density at radius 3 is 2.53 bits per heavy atom. The third-order valence-electron chi connectivity index (χ3n) is 2.54. The Hall–Kier alpha value is -1.51. The summed E-state index contributed by atoms with van der Waals surface area (Å²) >= 11 is 0. The van der Waals surface area contributed by atoms with Gasteiger partial charge in [-0.25, -0.2) is 0 Å². The average molecular weight is 236 g/mol. The number of aryl methyl sites for hydroxylation is 1. The smallest absolute Gasteiger partial charge is 0.307 e. The monoisotopic (exact) mass is 236 g/mol. The van der Waals surface area contributed by atoms with Gasteiger partial charge in [0.15, 0.2) is 0 Å². The number of carboxylic acid groups (broad SMARTS) is 1. The largest absolute Gasteiger partial charge is 0.490 e. The van der Waals surface area contributed by atoms with E-state index < -0.39 is 5.97 Å². The lowest BCUT2D eigenvalue weighted by atomic mass is 10.1. The maximum Gasteiger partial charge on any atom is 0.307 e. The number of rotatable bonds is 7. The van der Waals surface area contributed by atoms with E-state index in [4.69, 9.17) is 9.84 Å². The predicted octanol–water partition coefficient (Wildman–Crippen LogP) is 3.27. The summed E-state index contributed by atoms with van der Waals surface area (Å²) < 4.78 is 5.50. The number of benzene rings is 1. The van der Waals surface area contributed by atoms with E-state index in [9.17, 15) is 4.79 Å². The van der Waals surface area contributed by atoms with Gasteiger partial charge >= 0.3 is 5.97 Å². The van der Waals surface area contributed by atoms with Crippen LogP contribution in [0.1, 0.15) is 38.7 Å². The van der Waals surface area contributed by atoms with Crippen molar-refractivity contribution in [1.82, 2.24) is 0 Å². The van der Waals surface area contributed by atoms with Crippen molar-refractivity contribution >= 4 is 5.97 Å². The molecular formula is C14H20O3. The van der Waals surface area contributed by atoms with Crippen molar-refractivity contribution in [2.75, 3.05) is 0 Å². The Bertz CT molecular complexity index is 343. The first-order valence-electron chi connectivity index (χ1n) is 6.09. The van der Waals surface area contributed by atoms with Gasteiger partial charge in [0, 0.05) is 0 Å². The minimum Gasteiger partial charge on any atom is -0.490 e. The van der Waals surface area contributed by atoms with Crippen molar-refractivity contribution in [3.63, 3.8) is 0 Å². The first kappa shape index (κ1) is 13.6. The molecule has 17 heavy (non-hydrogen) atoms. The third kappa shape index (κ3) is 5.38. The van der Waals surface area contributed by atoms with Crippen molar-refractivity contribution < 1.29 is 14.6 Å². The number of hydrogen-bond acceptors (Lipinski definition) is 2. The molecule has 1 rings (SSSR count). The summed E-state index contributed by atoms with van der Waals surface area (Å²) in [6, 6.07) is 7.89. The molecule has 0 aliphatic carbocycles. The molecule has 3 heteroatoms. The fourth-order valence-electron chi connectivity index (χ4n) is 1.64. The van der Waals surface area contributed by atoms with E-state index in [-0.39, 0.29) is 12.5 Å². The van der Waals surface area contributed by atoms with Crippen molar-refractivity contribution in [1.29, 1.82) is 0 Å². The molecule has 3 nitrogen and oxygen atoms in total. The lowest BCUT2D eigenvalue weighted by molar-refractivity contribution is -0.138. The normalized spacial score (nSPS) is 12.1. The number of carboxylic acids is 1. The van der Waals surface area contributed by atoms with Crippen LogP contribution in [0.5, 0.6) is 5.75 Å². The van der Waals surface area contributed by atoms with Gasteiger partial charge in [0.1, 0.15) is 11.9 Å². The number of hydrogen-bond donors (Lipinski definition) is 1. The standard InChI is InChI=1S/C14H20O3/c1-3-4-5-12-6-8-13(9-7-12)17-11(2)10-14(15)16/h6-9,11H,3-5,10H2,1-2H3,(H,15,16)/t11-/m0/s1. The maximum atomic E-state index is 10.5. The highest BCUT2D eigenvalue weighted by Crippen LogP contribution is 2.16. The predicted molar refractivity (Wildman–Crippen MR) is 67.4 cm³/mol. The van der Waals surface area contributed by atoms with E-state index in [1.54, 1.807) is 6.92 Å². The number of aliphatic carboxylic acids is 1. The van der Waals surface area contributed by atoms with Gasteiger partial charge in [-0.15, -0.1) is 0 Å². The van der Waals surface area contributed by atoms with Crippen molar-refractivity contribution in [2.45, 2.75) is 45.6 Å². The van der Waals surface area contributed by atoms with E-state index in [1.165, 1.54) is 18.4 Å². The first-order valence-corrected chi connectivity index (χ1v) is 6.09. The van der Waals surface area contributed by atoms with Gasteiger partial charge in [0.2, 0.25) is 0 Å². The highest BCUT2D eigenvalue weighted by molar-refractivity contribution is 5.67. The van der Waals surface area contributed by atoms with Crippen molar-refractivity contribution in [3.8, 4) is 5.75 Å². The Morgan fingerprint density at radius 2 is 2.00 bits per heavy atom. The summed E-state index contributed by atoms with van der Waals surface area (Å²) in [6.45, 7) is 3.93. The zero-order chi connectivity index (χ0) is 12.7. The van der Waals surface area contributed by atoms with Gasteiger partial charge in [-0.3, -0.25) is 4.79 Å². The topological polar surface area (TPSA) is 46.5 Å². The lowest BCUT2D eigenvalue weighted by Gasteiger charge is -2.12. The van der Waals surface area contributed by atoms with Gasteiger partial charge < -0.3 is 9.84 Å². The van der Waals surface area contributed by atoms with Crippen LogP contribution in [-0.2, 0) is 11.2 Å². The third-order valence-corrected chi connectivity index (χ3v) is 2.54. The summed E-state index contributed by atoms with van der Waals surface area (Å²) in [7, 11) is 0. The quantitative estimate of drug-likeness (QED) is 0.790. The van der Waals surface area contributed by atoms with E-state index in [1.807, 2.05) is 24.3 Å². The zero-order valence-electron chi connectivity index (χ0n) is 10.5. The molecule has 1 N–H and O–H groups in total. The molecule has 0 fully saturated rings. The molecule has 0 radical (unpaired) electrons. The molecule has 1 aromatic rings. The molecule has 0 saturated carbocycles. The van der Waals surface area contributed by atoms with Crippen LogP contribution in [0.3, 0.4) is 0 Å². The second-order valence-corrected chi connectivity index (χ2v) is 4.27. The van der Waals surface area contributed by atoms with Crippen LogP contribution in [0.2, 0.25) is 0 Å². The molecule has 0 aliphatic heterocycles. The molecule has 1 atom stereocenters. The van der Waals surface area contributed by atoms with Gasteiger partial charge in [-0.1, -0.05) is 25.5 Å². The minimum absolute atomic E-state index is 0.0254. The first-order chi connectivity index (χ1) is 8.11. The summed E-state index contributed by atoms with van der Waals surface area (Å²) in [5, 5.41) is 8.62. The van der Waals surface area contributed by atoms with Crippen LogP contribution in [0.4, 0.5) is 0 Å². The molecule has 0 heterocycles. The number of ether oxygens (including phenoxy) is 1. The molecule has 0 spiro atoms. The molecule has 0 amide bonds. The Kier molecular flexibility index (Phi) is 5.53. The highest BCUT2D eigenvalue weighted by atomic mass is 16.5. The molecular weight excluding hydrogens is 216 g/mol. The summed E-state index contributed by atoms with van der Waals surface area (Å²) in [6.07, 6.45) is 3.19. The number of unbranched alkanes of at least 4 members (excludes halogenated alkanes) is 1. The van der Waals surface area contributed by atoms with Crippen LogP contribution < -0.4 is 4.74 Å². The van der Waals surface area contributed by atoms with Gasteiger partial charge in [0.25, 0.3) is 0 Å². The molecule has 0 unspecified atom stereocenters. The van der Waals surface area contributed by atoms with E-state index in [0.29, 0.717) is 0 Å². The second kappa shape index (κ2) is 6.94. The van der Waals surface area contributed by atoms with Crippen LogP contribution in [0.25, 0.3) is 0 Å². The molecule has 0 aliphatic rings. The zero-order valence-corrected chi connectivity index (χ0v) is 10.5. The highest BCUT2D eigenvalue weighted by Gasteiger charge is 2.08. The summed E-state index contributed by atoms with van der Waals surface area (Å²) in [5.74, 6) is -0.101. The van der Waals surface area contributed by atoms with Crippen LogP contribution in [0.15, 0.2) is 24.3 Å². The lowest BCUT2D eigenvalue weighted by Crippen LogP contribution is -2.16. The fourth-order valence-corrected chi connectivity index (χ4v) is 1.64. The van der Waals surface area contributed by atoms with Crippen molar-refractivity contribution in [3.05, 3.63) is 29.8 Å². The number of carbonyl (C=O) groups is 1. The average Bonchev–Trinajstić information content (AvgIpc) is 2.27. The molecule has 0 aromatic heterocycles. The van der Waals surface area contributed by atoms with Crippen LogP contribution in [0, 0.1) is 0 Å². The Labute approximate surface area is 102 Å².